The minimum atomic E-state index is -3.79. The minimum absolute atomic E-state index is 0.126. The number of phenolic OH excluding ortho intramolecular Hbond substituents is 1. The molecule has 4 rings (SSSR count). The Morgan fingerprint density at radius 1 is 0.828 bits per heavy atom. The molecule has 0 amide bonds. The zero-order chi connectivity index (χ0) is 20.4. The van der Waals surface area contributed by atoms with Crippen molar-refractivity contribution in [2.45, 2.75) is 14.7 Å². The normalized spacial score (nSPS) is 11.5. The molecule has 0 saturated heterocycles. The molecule has 29 heavy (non-hydrogen) atoms. The maximum Gasteiger partial charge on any atom is 0.261 e. The van der Waals surface area contributed by atoms with Gasteiger partial charge >= 0.3 is 0 Å². The van der Waals surface area contributed by atoms with Crippen LogP contribution in [0.3, 0.4) is 0 Å². The van der Waals surface area contributed by atoms with Gasteiger partial charge in [0.2, 0.25) is 0 Å². The number of phenols is 1. The molecule has 0 bridgehead atoms. The molecule has 0 unspecified atom stereocenters. The van der Waals surface area contributed by atoms with Crippen LogP contribution < -0.4 is 4.72 Å². The fourth-order valence-corrected chi connectivity index (χ4v) is 5.20. The van der Waals surface area contributed by atoms with Gasteiger partial charge in [-0.05, 0) is 42.5 Å². The Kier molecular flexibility index (Phi) is 5.54. The number of nitrogens with one attached hydrogen (secondary N) is 1. The van der Waals surface area contributed by atoms with Crippen LogP contribution in [0, 0.1) is 0 Å². The number of anilines is 1. The van der Waals surface area contributed by atoms with E-state index in [4.69, 9.17) is 0 Å². The number of benzene rings is 4. The number of aromatic hydroxyl groups is 1. The molecular formula is C22H16BrNO3S2. The van der Waals surface area contributed by atoms with E-state index in [2.05, 4.69) is 20.7 Å². The quantitative estimate of drug-likeness (QED) is 0.327. The van der Waals surface area contributed by atoms with Gasteiger partial charge in [-0.1, -0.05) is 70.2 Å². The van der Waals surface area contributed by atoms with Crippen molar-refractivity contribution >= 4 is 54.2 Å². The molecule has 0 aliphatic rings. The summed E-state index contributed by atoms with van der Waals surface area (Å²) in [6, 6.07) is 24.9. The third-order valence-corrected chi connectivity index (χ3v) is 7.27. The summed E-state index contributed by atoms with van der Waals surface area (Å²) in [6.07, 6.45) is 0. The molecule has 0 aliphatic heterocycles. The molecule has 146 valence electrons. The topological polar surface area (TPSA) is 66.4 Å². The average Bonchev–Trinajstić information content (AvgIpc) is 2.72. The lowest BCUT2D eigenvalue weighted by atomic mass is 10.1. The molecule has 0 radical (unpaired) electrons. The highest BCUT2D eigenvalue weighted by molar-refractivity contribution is 9.10. The molecule has 7 heteroatoms. The Morgan fingerprint density at radius 2 is 1.45 bits per heavy atom. The lowest BCUT2D eigenvalue weighted by molar-refractivity contribution is 0.469. The van der Waals surface area contributed by atoms with Gasteiger partial charge in [-0.3, -0.25) is 4.72 Å². The summed E-state index contributed by atoms with van der Waals surface area (Å²) < 4.78 is 29.3. The van der Waals surface area contributed by atoms with Crippen molar-refractivity contribution < 1.29 is 13.5 Å². The van der Waals surface area contributed by atoms with Gasteiger partial charge in [0.05, 0.1) is 15.5 Å². The van der Waals surface area contributed by atoms with Crippen molar-refractivity contribution in [3.8, 4) is 5.75 Å². The SMILES string of the molecule is O=S(=O)(Nc1cc(Sc2ccccc2)c(O)c2ccccc12)c1ccc(Br)cc1. The minimum Gasteiger partial charge on any atom is -0.506 e. The van der Waals surface area contributed by atoms with E-state index < -0.39 is 10.0 Å². The van der Waals surface area contributed by atoms with E-state index in [0.717, 1.165) is 9.37 Å². The second kappa shape index (κ2) is 8.10. The van der Waals surface area contributed by atoms with Crippen molar-refractivity contribution in [3.63, 3.8) is 0 Å². The number of sulfonamides is 1. The summed E-state index contributed by atoms with van der Waals surface area (Å²) in [5, 5.41) is 12.0. The monoisotopic (exact) mass is 485 g/mol. The second-order valence-corrected chi connectivity index (χ2v) is 10.0. The van der Waals surface area contributed by atoms with Crippen LogP contribution in [0.15, 0.2) is 104 Å². The summed E-state index contributed by atoms with van der Waals surface area (Å²) in [5.74, 6) is 0.126. The maximum absolute atomic E-state index is 12.9. The standard InChI is InChI=1S/C22H16BrNO3S2/c23-15-10-12-17(13-11-15)29(26,27)24-20-14-21(28-16-6-2-1-3-7-16)22(25)19-9-5-4-8-18(19)20/h1-14,24-25H. The van der Waals surface area contributed by atoms with Gasteiger partial charge in [0, 0.05) is 20.1 Å². The number of fused-ring (bicyclic) bond motifs is 1. The Balaban J connectivity index is 1.81. The summed E-state index contributed by atoms with van der Waals surface area (Å²) in [5.41, 5.74) is 0.416. The average molecular weight is 486 g/mol. The van der Waals surface area contributed by atoms with Gasteiger partial charge in [-0.2, -0.15) is 0 Å². The Morgan fingerprint density at radius 3 is 2.14 bits per heavy atom. The molecule has 0 fully saturated rings. The first-order valence-electron chi connectivity index (χ1n) is 8.70. The van der Waals surface area contributed by atoms with Crippen LogP contribution in [-0.4, -0.2) is 13.5 Å². The lowest BCUT2D eigenvalue weighted by Gasteiger charge is -2.15. The molecule has 4 aromatic carbocycles. The van der Waals surface area contributed by atoms with Crippen molar-refractivity contribution in [1.82, 2.24) is 0 Å². The van der Waals surface area contributed by atoms with Crippen molar-refractivity contribution in [2.75, 3.05) is 4.72 Å². The van der Waals surface area contributed by atoms with Crippen LogP contribution in [0.5, 0.6) is 5.75 Å². The summed E-state index contributed by atoms with van der Waals surface area (Å²) >= 11 is 4.69. The van der Waals surface area contributed by atoms with Crippen molar-refractivity contribution in [2.24, 2.45) is 0 Å². The van der Waals surface area contributed by atoms with E-state index in [0.29, 0.717) is 21.4 Å². The largest absolute Gasteiger partial charge is 0.506 e. The Labute approximate surface area is 181 Å². The predicted octanol–water partition coefficient (Wildman–Crippen LogP) is 6.26. The van der Waals surface area contributed by atoms with E-state index in [1.807, 2.05) is 42.5 Å². The molecule has 0 saturated carbocycles. The highest BCUT2D eigenvalue weighted by atomic mass is 79.9. The Hall–Kier alpha value is -2.48. The van der Waals surface area contributed by atoms with Gasteiger partial charge in [-0.15, -0.1) is 0 Å². The Bertz CT molecular complexity index is 1270. The summed E-state index contributed by atoms with van der Waals surface area (Å²) in [4.78, 5) is 1.68. The van der Waals surface area contributed by atoms with Gasteiger partial charge in [0.15, 0.2) is 0 Å². The van der Waals surface area contributed by atoms with E-state index in [1.165, 1.54) is 23.9 Å². The zero-order valence-corrected chi connectivity index (χ0v) is 18.3. The fourth-order valence-electron chi connectivity index (χ4n) is 2.93. The first kappa shape index (κ1) is 19.8. The fraction of sp³-hybridized carbons (Fsp3) is 0. The van der Waals surface area contributed by atoms with E-state index in [-0.39, 0.29) is 10.6 Å². The van der Waals surface area contributed by atoms with Gasteiger partial charge in [0.1, 0.15) is 5.75 Å². The van der Waals surface area contributed by atoms with E-state index in [1.54, 1.807) is 30.3 Å². The van der Waals surface area contributed by atoms with Gasteiger partial charge in [-0.25, -0.2) is 8.42 Å². The first-order valence-corrected chi connectivity index (χ1v) is 11.8. The molecule has 2 N–H and O–H groups in total. The summed E-state index contributed by atoms with van der Waals surface area (Å²) in [6.45, 7) is 0. The van der Waals surface area contributed by atoms with Crippen molar-refractivity contribution in [1.29, 1.82) is 0 Å². The number of halogens is 1. The van der Waals surface area contributed by atoms with E-state index in [9.17, 15) is 13.5 Å². The molecule has 4 nitrogen and oxygen atoms in total. The van der Waals surface area contributed by atoms with E-state index >= 15 is 0 Å². The predicted molar refractivity (Wildman–Crippen MR) is 121 cm³/mol. The van der Waals surface area contributed by atoms with Crippen LogP contribution in [0.1, 0.15) is 0 Å². The third kappa shape index (κ3) is 4.27. The number of rotatable bonds is 5. The summed E-state index contributed by atoms with van der Waals surface area (Å²) in [7, 11) is -3.79. The molecule has 0 aliphatic carbocycles. The molecule has 0 spiro atoms. The molecule has 0 aromatic heterocycles. The third-order valence-electron chi connectivity index (χ3n) is 4.32. The van der Waals surface area contributed by atoms with Gasteiger partial charge < -0.3 is 5.11 Å². The molecule has 4 aromatic rings. The van der Waals surface area contributed by atoms with Crippen LogP contribution in [0.2, 0.25) is 0 Å². The molecule has 0 atom stereocenters. The van der Waals surface area contributed by atoms with Crippen LogP contribution in [0.25, 0.3) is 10.8 Å². The second-order valence-electron chi connectivity index (χ2n) is 6.29. The highest BCUT2D eigenvalue weighted by Gasteiger charge is 2.18. The highest BCUT2D eigenvalue weighted by Crippen LogP contribution is 2.42. The smallest absolute Gasteiger partial charge is 0.261 e. The molecular weight excluding hydrogens is 470 g/mol. The maximum atomic E-state index is 12.9. The van der Waals surface area contributed by atoms with Crippen LogP contribution >= 0.6 is 27.7 Å². The van der Waals surface area contributed by atoms with Crippen molar-refractivity contribution in [3.05, 3.63) is 89.4 Å². The number of hydrogen-bond donors (Lipinski definition) is 2. The molecule has 0 heterocycles. The zero-order valence-electron chi connectivity index (χ0n) is 15.0. The first-order chi connectivity index (χ1) is 13.9. The van der Waals surface area contributed by atoms with Crippen LogP contribution in [-0.2, 0) is 10.0 Å². The lowest BCUT2D eigenvalue weighted by Crippen LogP contribution is -2.13. The van der Waals surface area contributed by atoms with Gasteiger partial charge in [0.25, 0.3) is 10.0 Å². The van der Waals surface area contributed by atoms with Crippen LogP contribution in [0.4, 0.5) is 5.69 Å². The number of hydrogen-bond acceptors (Lipinski definition) is 4.